The quantitative estimate of drug-likeness (QED) is 0.832. The Kier molecular flexibility index (Phi) is 4.21. The first-order chi connectivity index (χ1) is 8.81. The van der Waals surface area contributed by atoms with Crippen molar-refractivity contribution in [3.8, 4) is 0 Å². The molecule has 1 spiro atoms. The summed E-state index contributed by atoms with van der Waals surface area (Å²) >= 11 is 2.09. The first-order valence-corrected chi connectivity index (χ1v) is 8.92. The van der Waals surface area contributed by atoms with Crippen LogP contribution >= 0.6 is 11.8 Å². The molecule has 3 rings (SSSR count). The number of piperidine rings is 1. The van der Waals surface area contributed by atoms with Gasteiger partial charge in [-0.25, -0.2) is 0 Å². The summed E-state index contributed by atoms with van der Waals surface area (Å²) in [6, 6.07) is 0.773. The number of thioether (sulfide) groups is 1. The Labute approximate surface area is 116 Å². The molecular formula is C15H27NOS. The molecule has 4 atom stereocenters. The van der Waals surface area contributed by atoms with E-state index in [0.29, 0.717) is 0 Å². The summed E-state index contributed by atoms with van der Waals surface area (Å²) in [5, 5.41) is 3.80. The van der Waals surface area contributed by atoms with E-state index in [-0.39, 0.29) is 5.60 Å². The molecule has 4 unspecified atom stereocenters. The summed E-state index contributed by atoms with van der Waals surface area (Å²) in [4.78, 5) is 0. The Bertz CT molecular complexity index is 278. The Hall–Kier alpha value is 0.270. The minimum Gasteiger partial charge on any atom is -0.374 e. The van der Waals surface area contributed by atoms with Crippen molar-refractivity contribution in [3.63, 3.8) is 0 Å². The molecule has 0 aromatic carbocycles. The van der Waals surface area contributed by atoms with Crippen LogP contribution in [-0.2, 0) is 4.74 Å². The molecule has 18 heavy (non-hydrogen) atoms. The standard InChI is InChI=1S/C15H27NOS/c1-2-12-3-6-16-14(9-12)13-4-7-17-15(10-13)5-8-18-11-15/h12-14,16H,2-11H2,1H3. The fraction of sp³-hybridized carbons (Fsp3) is 1.00. The van der Waals surface area contributed by atoms with E-state index < -0.39 is 0 Å². The smallest absolute Gasteiger partial charge is 0.0783 e. The van der Waals surface area contributed by atoms with Gasteiger partial charge in [0, 0.05) is 18.4 Å². The van der Waals surface area contributed by atoms with E-state index >= 15 is 0 Å². The fourth-order valence-electron chi connectivity index (χ4n) is 4.04. The zero-order chi connectivity index (χ0) is 12.4. The largest absolute Gasteiger partial charge is 0.374 e. The third kappa shape index (κ3) is 2.73. The van der Waals surface area contributed by atoms with E-state index in [1.165, 1.54) is 56.6 Å². The van der Waals surface area contributed by atoms with Gasteiger partial charge in [0.25, 0.3) is 0 Å². The van der Waals surface area contributed by atoms with Gasteiger partial charge in [0.05, 0.1) is 5.60 Å². The lowest BCUT2D eigenvalue weighted by molar-refractivity contribution is -0.0874. The normalized spacial score (nSPS) is 45.5. The van der Waals surface area contributed by atoms with Gasteiger partial charge in [-0.1, -0.05) is 13.3 Å². The minimum atomic E-state index is 0.258. The van der Waals surface area contributed by atoms with Crippen molar-refractivity contribution in [2.75, 3.05) is 24.7 Å². The molecule has 3 saturated heterocycles. The summed E-state index contributed by atoms with van der Waals surface area (Å²) in [6.45, 7) is 4.59. The molecular weight excluding hydrogens is 242 g/mol. The summed E-state index contributed by atoms with van der Waals surface area (Å²) in [7, 11) is 0. The van der Waals surface area contributed by atoms with Crippen LogP contribution in [0.1, 0.15) is 45.4 Å². The molecule has 3 heterocycles. The molecule has 0 aromatic heterocycles. The average Bonchev–Trinajstić information content (AvgIpc) is 2.87. The van der Waals surface area contributed by atoms with Crippen LogP contribution in [0.4, 0.5) is 0 Å². The van der Waals surface area contributed by atoms with Crippen LogP contribution in [0.5, 0.6) is 0 Å². The maximum Gasteiger partial charge on any atom is 0.0783 e. The van der Waals surface area contributed by atoms with Crippen molar-refractivity contribution in [1.82, 2.24) is 5.32 Å². The van der Waals surface area contributed by atoms with Crippen molar-refractivity contribution < 1.29 is 4.74 Å². The van der Waals surface area contributed by atoms with Gasteiger partial charge in [-0.3, -0.25) is 0 Å². The Morgan fingerprint density at radius 3 is 3.11 bits per heavy atom. The molecule has 1 N–H and O–H groups in total. The highest BCUT2D eigenvalue weighted by molar-refractivity contribution is 7.99. The van der Waals surface area contributed by atoms with Gasteiger partial charge < -0.3 is 10.1 Å². The third-order valence-electron chi connectivity index (χ3n) is 5.29. The summed E-state index contributed by atoms with van der Waals surface area (Å²) < 4.78 is 6.15. The molecule has 3 aliphatic heterocycles. The van der Waals surface area contributed by atoms with Gasteiger partial charge in [0.15, 0.2) is 0 Å². The van der Waals surface area contributed by atoms with Gasteiger partial charge in [-0.15, -0.1) is 0 Å². The molecule has 0 aromatic rings. The van der Waals surface area contributed by atoms with Gasteiger partial charge in [-0.2, -0.15) is 11.8 Å². The highest BCUT2D eigenvalue weighted by Gasteiger charge is 2.43. The molecule has 3 heteroatoms. The van der Waals surface area contributed by atoms with Crippen molar-refractivity contribution in [3.05, 3.63) is 0 Å². The number of hydrogen-bond acceptors (Lipinski definition) is 3. The van der Waals surface area contributed by atoms with Crippen LogP contribution in [0.2, 0.25) is 0 Å². The second-order valence-electron chi connectivity index (χ2n) is 6.45. The lowest BCUT2D eigenvalue weighted by atomic mass is 9.76. The van der Waals surface area contributed by atoms with Crippen molar-refractivity contribution >= 4 is 11.8 Å². The summed E-state index contributed by atoms with van der Waals surface area (Å²) in [6.07, 6.45) is 8.04. The van der Waals surface area contributed by atoms with E-state index in [9.17, 15) is 0 Å². The van der Waals surface area contributed by atoms with Crippen LogP contribution in [-0.4, -0.2) is 36.3 Å². The third-order valence-corrected chi connectivity index (χ3v) is 6.51. The number of hydrogen-bond donors (Lipinski definition) is 1. The van der Waals surface area contributed by atoms with Gasteiger partial charge in [0.2, 0.25) is 0 Å². The maximum absolute atomic E-state index is 6.15. The van der Waals surface area contributed by atoms with Gasteiger partial charge in [0.1, 0.15) is 0 Å². The van der Waals surface area contributed by atoms with Crippen molar-refractivity contribution in [2.45, 2.75) is 57.1 Å². The highest BCUT2D eigenvalue weighted by atomic mass is 32.2. The highest BCUT2D eigenvalue weighted by Crippen LogP contribution is 2.42. The Balaban J connectivity index is 1.61. The molecule has 3 aliphatic rings. The summed E-state index contributed by atoms with van der Waals surface area (Å²) in [5.74, 6) is 4.38. The molecule has 0 saturated carbocycles. The van der Waals surface area contributed by atoms with E-state index in [0.717, 1.165) is 24.5 Å². The van der Waals surface area contributed by atoms with Gasteiger partial charge in [-0.05, 0) is 56.2 Å². The Morgan fingerprint density at radius 1 is 1.39 bits per heavy atom. The topological polar surface area (TPSA) is 21.3 Å². The van der Waals surface area contributed by atoms with Crippen LogP contribution in [0, 0.1) is 11.8 Å². The lowest BCUT2D eigenvalue weighted by Crippen LogP contribution is -2.49. The molecule has 2 nitrogen and oxygen atoms in total. The van der Waals surface area contributed by atoms with E-state index in [1.807, 2.05) is 0 Å². The predicted molar refractivity (Wildman–Crippen MR) is 78.2 cm³/mol. The van der Waals surface area contributed by atoms with Crippen LogP contribution in [0.3, 0.4) is 0 Å². The van der Waals surface area contributed by atoms with Crippen LogP contribution < -0.4 is 5.32 Å². The average molecular weight is 269 g/mol. The first kappa shape index (κ1) is 13.3. The monoisotopic (exact) mass is 269 g/mol. The lowest BCUT2D eigenvalue weighted by Gasteiger charge is -2.43. The number of nitrogens with one attached hydrogen (secondary N) is 1. The van der Waals surface area contributed by atoms with E-state index in [1.54, 1.807) is 0 Å². The molecule has 0 amide bonds. The van der Waals surface area contributed by atoms with Gasteiger partial charge >= 0.3 is 0 Å². The molecule has 0 aliphatic carbocycles. The molecule has 0 radical (unpaired) electrons. The zero-order valence-electron chi connectivity index (χ0n) is 11.6. The van der Waals surface area contributed by atoms with Crippen molar-refractivity contribution in [1.29, 1.82) is 0 Å². The predicted octanol–water partition coefficient (Wildman–Crippen LogP) is 3.07. The van der Waals surface area contributed by atoms with Crippen LogP contribution in [0.15, 0.2) is 0 Å². The van der Waals surface area contributed by atoms with Crippen molar-refractivity contribution in [2.24, 2.45) is 11.8 Å². The van der Waals surface area contributed by atoms with E-state index in [2.05, 4.69) is 24.0 Å². The van der Waals surface area contributed by atoms with Crippen LogP contribution in [0.25, 0.3) is 0 Å². The molecule has 0 bridgehead atoms. The minimum absolute atomic E-state index is 0.258. The summed E-state index contributed by atoms with van der Waals surface area (Å²) in [5.41, 5.74) is 0.258. The second-order valence-corrected chi connectivity index (χ2v) is 7.55. The fourth-order valence-corrected chi connectivity index (χ4v) is 5.41. The molecule has 104 valence electrons. The second kappa shape index (κ2) is 5.72. The SMILES string of the molecule is CCC1CCNC(C2CCOC3(CCSC3)C2)C1. The molecule has 3 fully saturated rings. The maximum atomic E-state index is 6.15. The number of ether oxygens (including phenoxy) is 1. The Morgan fingerprint density at radius 2 is 2.33 bits per heavy atom. The van der Waals surface area contributed by atoms with E-state index in [4.69, 9.17) is 4.74 Å². The number of rotatable bonds is 2. The zero-order valence-corrected chi connectivity index (χ0v) is 12.4. The first-order valence-electron chi connectivity index (χ1n) is 7.76.